The van der Waals surface area contributed by atoms with Crippen LogP contribution in [0.1, 0.15) is 10.4 Å². The van der Waals surface area contributed by atoms with Crippen LogP contribution in [0.4, 0.5) is 0 Å². The number of amides is 1. The van der Waals surface area contributed by atoms with Gasteiger partial charge >= 0.3 is 0 Å². The third-order valence-electron chi connectivity index (χ3n) is 2.08. The van der Waals surface area contributed by atoms with Crippen LogP contribution >= 0.6 is 0 Å². The van der Waals surface area contributed by atoms with E-state index in [9.17, 15) is 9.90 Å². The summed E-state index contributed by atoms with van der Waals surface area (Å²) < 4.78 is 0. The Morgan fingerprint density at radius 3 is 2.75 bits per heavy atom. The standard InChI is InChI=1S/C10H8N4O2/c11-10(16)7-3-1-2-6(9(7)15)8-4-5-12-14-13-8/h1-5,15H,(H2,11,16). The number of para-hydroxylation sites is 1. The maximum Gasteiger partial charge on any atom is 0.252 e. The van der Waals surface area contributed by atoms with E-state index >= 15 is 0 Å². The van der Waals surface area contributed by atoms with E-state index < -0.39 is 5.91 Å². The molecule has 0 spiro atoms. The van der Waals surface area contributed by atoms with Gasteiger partial charge in [0.05, 0.1) is 11.8 Å². The van der Waals surface area contributed by atoms with Gasteiger partial charge in [0.1, 0.15) is 11.4 Å². The second-order valence-electron chi connectivity index (χ2n) is 3.07. The lowest BCUT2D eigenvalue weighted by molar-refractivity contribution is 0.0998. The van der Waals surface area contributed by atoms with Crippen molar-refractivity contribution in [2.45, 2.75) is 0 Å². The van der Waals surface area contributed by atoms with Crippen LogP contribution in [0.2, 0.25) is 0 Å². The third-order valence-corrected chi connectivity index (χ3v) is 2.08. The molecule has 1 amide bonds. The average Bonchev–Trinajstić information content (AvgIpc) is 2.30. The lowest BCUT2D eigenvalue weighted by atomic mass is 10.1. The van der Waals surface area contributed by atoms with Crippen molar-refractivity contribution in [3.05, 3.63) is 36.0 Å². The lowest BCUT2D eigenvalue weighted by Gasteiger charge is -2.05. The Hall–Kier alpha value is -2.50. The largest absolute Gasteiger partial charge is 0.506 e. The van der Waals surface area contributed by atoms with E-state index in [-0.39, 0.29) is 11.3 Å². The number of primary amides is 1. The first-order valence-corrected chi connectivity index (χ1v) is 4.46. The maximum atomic E-state index is 11.0. The van der Waals surface area contributed by atoms with Gasteiger partial charge in [-0.05, 0) is 23.4 Å². The number of carbonyl (C=O) groups excluding carboxylic acids is 1. The molecule has 0 saturated carbocycles. The van der Waals surface area contributed by atoms with Crippen molar-refractivity contribution < 1.29 is 9.90 Å². The molecule has 80 valence electrons. The summed E-state index contributed by atoms with van der Waals surface area (Å²) in [6.45, 7) is 0. The van der Waals surface area contributed by atoms with Crippen LogP contribution in [-0.4, -0.2) is 26.4 Å². The van der Waals surface area contributed by atoms with Crippen molar-refractivity contribution in [2.75, 3.05) is 0 Å². The molecule has 0 aliphatic carbocycles. The van der Waals surface area contributed by atoms with Gasteiger partial charge in [0.25, 0.3) is 5.91 Å². The second-order valence-corrected chi connectivity index (χ2v) is 3.07. The van der Waals surface area contributed by atoms with Crippen molar-refractivity contribution in [3.63, 3.8) is 0 Å². The number of nitrogens with zero attached hydrogens (tertiary/aromatic N) is 3. The molecule has 0 radical (unpaired) electrons. The zero-order valence-corrected chi connectivity index (χ0v) is 8.16. The molecule has 0 unspecified atom stereocenters. The fraction of sp³-hybridized carbons (Fsp3) is 0. The van der Waals surface area contributed by atoms with E-state index in [4.69, 9.17) is 5.73 Å². The Morgan fingerprint density at radius 1 is 1.31 bits per heavy atom. The minimum atomic E-state index is -0.693. The Kier molecular flexibility index (Phi) is 2.47. The minimum Gasteiger partial charge on any atom is -0.506 e. The van der Waals surface area contributed by atoms with Crippen molar-refractivity contribution >= 4 is 5.91 Å². The van der Waals surface area contributed by atoms with Gasteiger partial charge in [0, 0.05) is 5.56 Å². The first-order valence-electron chi connectivity index (χ1n) is 4.46. The number of hydrogen-bond donors (Lipinski definition) is 2. The zero-order valence-electron chi connectivity index (χ0n) is 8.16. The van der Waals surface area contributed by atoms with E-state index in [1.54, 1.807) is 18.2 Å². The zero-order chi connectivity index (χ0) is 11.5. The van der Waals surface area contributed by atoms with Gasteiger partial charge in [-0.1, -0.05) is 6.07 Å². The van der Waals surface area contributed by atoms with E-state index in [0.717, 1.165) is 0 Å². The van der Waals surface area contributed by atoms with E-state index in [0.29, 0.717) is 11.3 Å². The van der Waals surface area contributed by atoms with Crippen LogP contribution in [0.15, 0.2) is 30.5 Å². The summed E-state index contributed by atoms with van der Waals surface area (Å²) in [7, 11) is 0. The molecule has 0 fully saturated rings. The predicted molar refractivity (Wildman–Crippen MR) is 55.4 cm³/mol. The van der Waals surface area contributed by atoms with Gasteiger partial charge in [0.2, 0.25) is 0 Å². The topological polar surface area (TPSA) is 102 Å². The summed E-state index contributed by atoms with van der Waals surface area (Å²) in [6.07, 6.45) is 1.44. The highest BCUT2D eigenvalue weighted by molar-refractivity contribution is 5.97. The second kappa shape index (κ2) is 3.93. The number of benzene rings is 1. The van der Waals surface area contributed by atoms with Crippen LogP contribution in [0.25, 0.3) is 11.3 Å². The quantitative estimate of drug-likeness (QED) is 0.753. The van der Waals surface area contributed by atoms with Crippen LogP contribution < -0.4 is 5.73 Å². The summed E-state index contributed by atoms with van der Waals surface area (Å²) in [5.74, 6) is -0.892. The number of nitrogens with two attached hydrogens (primary N) is 1. The fourth-order valence-electron chi connectivity index (χ4n) is 1.33. The summed E-state index contributed by atoms with van der Waals surface area (Å²) in [5.41, 5.74) is 5.99. The summed E-state index contributed by atoms with van der Waals surface area (Å²) >= 11 is 0. The Morgan fingerprint density at radius 2 is 2.12 bits per heavy atom. The molecule has 6 nitrogen and oxygen atoms in total. The average molecular weight is 216 g/mol. The molecule has 2 aromatic rings. The highest BCUT2D eigenvalue weighted by Crippen LogP contribution is 2.29. The molecule has 1 aromatic carbocycles. The van der Waals surface area contributed by atoms with Crippen molar-refractivity contribution in [1.29, 1.82) is 0 Å². The van der Waals surface area contributed by atoms with Gasteiger partial charge in [-0.3, -0.25) is 4.79 Å². The van der Waals surface area contributed by atoms with Gasteiger partial charge in [0.15, 0.2) is 0 Å². The summed E-state index contributed by atoms with van der Waals surface area (Å²) in [5, 5.41) is 20.5. The molecule has 0 aliphatic heterocycles. The molecular weight excluding hydrogens is 208 g/mol. The fourth-order valence-corrected chi connectivity index (χ4v) is 1.33. The van der Waals surface area contributed by atoms with Crippen LogP contribution in [0.3, 0.4) is 0 Å². The molecule has 2 rings (SSSR count). The summed E-state index contributed by atoms with van der Waals surface area (Å²) in [6, 6.07) is 6.24. The molecule has 0 saturated heterocycles. The first-order chi connectivity index (χ1) is 7.70. The van der Waals surface area contributed by atoms with Gasteiger partial charge < -0.3 is 10.8 Å². The van der Waals surface area contributed by atoms with Crippen LogP contribution in [0.5, 0.6) is 5.75 Å². The number of aromatic nitrogens is 3. The van der Waals surface area contributed by atoms with Crippen molar-refractivity contribution in [1.82, 2.24) is 15.4 Å². The van der Waals surface area contributed by atoms with E-state index in [1.807, 2.05) is 0 Å². The highest BCUT2D eigenvalue weighted by Gasteiger charge is 2.13. The summed E-state index contributed by atoms with van der Waals surface area (Å²) in [4.78, 5) is 11.0. The molecule has 1 aromatic heterocycles. The highest BCUT2D eigenvalue weighted by atomic mass is 16.3. The van der Waals surface area contributed by atoms with E-state index in [2.05, 4.69) is 15.4 Å². The monoisotopic (exact) mass is 216 g/mol. The number of rotatable bonds is 2. The lowest BCUT2D eigenvalue weighted by Crippen LogP contribution is -2.11. The van der Waals surface area contributed by atoms with Crippen LogP contribution in [0, 0.1) is 0 Å². The van der Waals surface area contributed by atoms with Crippen molar-refractivity contribution in [2.24, 2.45) is 5.73 Å². The number of carbonyl (C=O) groups is 1. The molecular formula is C10H8N4O2. The van der Waals surface area contributed by atoms with Crippen LogP contribution in [-0.2, 0) is 0 Å². The van der Waals surface area contributed by atoms with E-state index in [1.165, 1.54) is 12.3 Å². The van der Waals surface area contributed by atoms with Gasteiger partial charge in [-0.25, -0.2) is 0 Å². The number of hydrogen-bond acceptors (Lipinski definition) is 5. The SMILES string of the molecule is NC(=O)c1cccc(-c2ccnnn2)c1O. The van der Waals surface area contributed by atoms with Gasteiger partial charge in [-0.15, -0.1) is 10.2 Å². The smallest absolute Gasteiger partial charge is 0.252 e. The number of aromatic hydroxyl groups is 1. The molecule has 0 bridgehead atoms. The molecule has 1 heterocycles. The molecule has 0 aliphatic rings. The first kappa shape index (κ1) is 10.0. The molecule has 6 heteroatoms. The van der Waals surface area contributed by atoms with Gasteiger partial charge in [-0.2, -0.15) is 0 Å². The normalized spacial score (nSPS) is 10.0. The third kappa shape index (κ3) is 1.68. The van der Waals surface area contributed by atoms with Crippen molar-refractivity contribution in [3.8, 4) is 17.0 Å². The Bertz CT molecular complexity index is 528. The Balaban J connectivity index is 2.59. The maximum absolute atomic E-state index is 11.0. The predicted octanol–water partition coefficient (Wildman–Crippen LogP) is 0.343. The molecule has 16 heavy (non-hydrogen) atoms. The molecule has 3 N–H and O–H groups in total. The molecule has 0 atom stereocenters. The minimum absolute atomic E-state index is 0.0520. The number of phenols is 1. The Labute approximate surface area is 90.7 Å².